The van der Waals surface area contributed by atoms with Gasteiger partial charge in [-0.3, -0.25) is 14.4 Å². The summed E-state index contributed by atoms with van der Waals surface area (Å²) in [5.74, 6) is -2.25. The predicted octanol–water partition coefficient (Wildman–Crippen LogP) is 4.77. The molecule has 0 saturated carbocycles. The zero-order valence-electron chi connectivity index (χ0n) is 25.5. The highest BCUT2D eigenvalue weighted by Crippen LogP contribution is 2.33. The number of rotatable bonds is 15. The summed E-state index contributed by atoms with van der Waals surface area (Å²) in [6.07, 6.45) is 4.98. The number of hydrogen-bond donors (Lipinski definition) is 3. The number of esters is 1. The summed E-state index contributed by atoms with van der Waals surface area (Å²) in [5.41, 5.74) is -0.0137. The van der Waals surface area contributed by atoms with Crippen molar-refractivity contribution in [2.45, 2.75) is 105 Å². The van der Waals surface area contributed by atoms with Gasteiger partial charge in [0.25, 0.3) is 0 Å². The lowest BCUT2D eigenvalue weighted by atomic mass is 9.96. The number of aromatic hydroxyl groups is 1. The van der Waals surface area contributed by atoms with Gasteiger partial charge in [0.1, 0.15) is 30.0 Å². The molecule has 3 N–H and O–H groups in total. The van der Waals surface area contributed by atoms with E-state index in [0.717, 1.165) is 32.1 Å². The second kappa shape index (κ2) is 16.7. The number of phenols is 1. The highest BCUT2D eigenvalue weighted by molar-refractivity contribution is 5.93. The van der Waals surface area contributed by atoms with Gasteiger partial charge in [-0.05, 0) is 45.6 Å². The van der Waals surface area contributed by atoms with Crippen molar-refractivity contribution in [2.24, 2.45) is 5.92 Å². The van der Waals surface area contributed by atoms with E-state index < -0.39 is 48.1 Å². The number of methoxy groups -OCH3 is 1. The maximum absolute atomic E-state index is 14.2. The molecule has 1 aromatic rings. The Morgan fingerprint density at radius 2 is 1.65 bits per heavy atom. The molecule has 2 unspecified atom stereocenters. The van der Waals surface area contributed by atoms with E-state index in [1.165, 1.54) is 12.0 Å². The van der Waals surface area contributed by atoms with Crippen LogP contribution in [0.4, 0.5) is 4.79 Å². The standard InChI is InChI=1S/C30H49N3O7/c1-9-10-11-12-13-14-18-33(28(37)24(20(2)3)32-29(38)40-30(5,6)7)25(27(36)31-19-23(34)39-8)22-17-15-16-21(4)26(22)35/h15-17,20,24-25,35H,9-14,18-19H2,1-8H3,(H,31,36)(H,32,38). The Balaban J connectivity index is 3.51. The lowest BCUT2D eigenvalue weighted by molar-refractivity contribution is -0.145. The van der Waals surface area contributed by atoms with Crippen LogP contribution in [0.5, 0.6) is 5.75 Å². The second-order valence-corrected chi connectivity index (χ2v) is 11.4. The summed E-state index contributed by atoms with van der Waals surface area (Å²) in [6, 6.07) is 2.71. The number of hydrogen-bond acceptors (Lipinski definition) is 7. The number of ether oxygens (including phenoxy) is 2. The topological polar surface area (TPSA) is 134 Å². The van der Waals surface area contributed by atoms with E-state index in [4.69, 9.17) is 4.74 Å². The third-order valence-electron chi connectivity index (χ3n) is 6.40. The molecule has 40 heavy (non-hydrogen) atoms. The van der Waals surface area contributed by atoms with Crippen LogP contribution < -0.4 is 10.6 Å². The van der Waals surface area contributed by atoms with Crippen molar-refractivity contribution in [1.29, 1.82) is 0 Å². The highest BCUT2D eigenvalue weighted by atomic mass is 16.6. The number of aryl methyl sites for hydroxylation is 1. The molecule has 0 spiro atoms. The Bertz CT molecular complexity index is 988. The number of alkyl carbamates (subject to hydrolysis) is 1. The number of phenolic OH excluding ortho intramolecular Hbond substituents is 1. The number of unbranched alkanes of at least 4 members (excludes halogenated alkanes) is 5. The summed E-state index contributed by atoms with van der Waals surface area (Å²) < 4.78 is 10.1. The van der Waals surface area contributed by atoms with Crippen LogP contribution in [0.25, 0.3) is 0 Å². The first-order valence-corrected chi connectivity index (χ1v) is 14.2. The number of amides is 3. The first kappa shape index (κ1) is 34.7. The number of nitrogens with zero attached hydrogens (tertiary/aromatic N) is 1. The number of para-hydroxylation sites is 1. The molecular weight excluding hydrogens is 514 g/mol. The molecule has 10 heteroatoms. The van der Waals surface area contributed by atoms with E-state index in [1.54, 1.807) is 59.7 Å². The van der Waals surface area contributed by atoms with Crippen LogP contribution >= 0.6 is 0 Å². The molecule has 0 radical (unpaired) electrons. The lowest BCUT2D eigenvalue weighted by Gasteiger charge is -2.36. The summed E-state index contributed by atoms with van der Waals surface area (Å²) in [6.45, 7) is 12.4. The first-order chi connectivity index (χ1) is 18.7. The van der Waals surface area contributed by atoms with Gasteiger partial charge in [-0.1, -0.05) is 71.1 Å². The van der Waals surface area contributed by atoms with Gasteiger partial charge in [0, 0.05) is 12.1 Å². The van der Waals surface area contributed by atoms with Gasteiger partial charge in [0.05, 0.1) is 7.11 Å². The average Bonchev–Trinajstić information content (AvgIpc) is 2.87. The number of benzene rings is 1. The molecule has 10 nitrogen and oxygen atoms in total. The number of nitrogens with one attached hydrogen (secondary N) is 2. The molecule has 1 aromatic carbocycles. The molecule has 226 valence electrons. The fourth-order valence-corrected chi connectivity index (χ4v) is 4.24. The van der Waals surface area contributed by atoms with Gasteiger partial charge in [0.2, 0.25) is 11.8 Å². The van der Waals surface area contributed by atoms with Crippen LogP contribution in [0.2, 0.25) is 0 Å². The average molecular weight is 564 g/mol. The first-order valence-electron chi connectivity index (χ1n) is 14.2. The van der Waals surface area contributed by atoms with Crippen molar-refractivity contribution >= 4 is 23.9 Å². The van der Waals surface area contributed by atoms with E-state index >= 15 is 0 Å². The molecule has 0 aliphatic heterocycles. The van der Waals surface area contributed by atoms with Gasteiger partial charge < -0.3 is 30.1 Å². The Morgan fingerprint density at radius 3 is 2.23 bits per heavy atom. The minimum absolute atomic E-state index is 0.123. The normalized spacial score (nSPS) is 12.8. The Kier molecular flexibility index (Phi) is 14.5. The largest absolute Gasteiger partial charge is 0.507 e. The van der Waals surface area contributed by atoms with E-state index in [2.05, 4.69) is 22.3 Å². The molecule has 0 fully saturated rings. The van der Waals surface area contributed by atoms with Crippen molar-refractivity contribution in [2.75, 3.05) is 20.2 Å². The third-order valence-corrected chi connectivity index (χ3v) is 6.40. The van der Waals surface area contributed by atoms with Crippen molar-refractivity contribution in [3.05, 3.63) is 29.3 Å². The van der Waals surface area contributed by atoms with Crippen LogP contribution in [-0.2, 0) is 23.9 Å². The highest BCUT2D eigenvalue weighted by Gasteiger charge is 2.38. The molecule has 0 aliphatic carbocycles. The van der Waals surface area contributed by atoms with E-state index in [1.807, 2.05) is 0 Å². The molecule has 3 amide bonds. The van der Waals surface area contributed by atoms with Crippen molar-refractivity contribution < 1.29 is 33.8 Å². The van der Waals surface area contributed by atoms with Crippen molar-refractivity contribution in [3.63, 3.8) is 0 Å². The van der Waals surface area contributed by atoms with Gasteiger partial charge in [-0.2, -0.15) is 0 Å². The SMILES string of the molecule is CCCCCCCCN(C(=O)C(NC(=O)OC(C)(C)C)C(C)C)C(C(=O)NCC(=O)OC)c1cccc(C)c1O. The predicted molar refractivity (Wildman–Crippen MR) is 154 cm³/mol. The Hall–Kier alpha value is -3.30. The minimum Gasteiger partial charge on any atom is -0.507 e. The molecule has 0 saturated heterocycles. The van der Waals surface area contributed by atoms with E-state index in [0.29, 0.717) is 12.0 Å². The quantitative estimate of drug-likeness (QED) is 0.207. The fraction of sp³-hybridized carbons (Fsp3) is 0.667. The summed E-state index contributed by atoms with van der Waals surface area (Å²) in [7, 11) is 1.21. The van der Waals surface area contributed by atoms with E-state index in [-0.39, 0.29) is 23.8 Å². The molecule has 2 atom stereocenters. The van der Waals surface area contributed by atoms with Crippen LogP contribution in [0.3, 0.4) is 0 Å². The fourth-order valence-electron chi connectivity index (χ4n) is 4.24. The second-order valence-electron chi connectivity index (χ2n) is 11.4. The van der Waals surface area contributed by atoms with Gasteiger partial charge >= 0.3 is 12.1 Å². The Morgan fingerprint density at radius 1 is 1.02 bits per heavy atom. The third kappa shape index (κ3) is 11.4. The Labute approximate surface area is 239 Å². The van der Waals surface area contributed by atoms with Crippen LogP contribution in [-0.4, -0.2) is 65.7 Å². The minimum atomic E-state index is -1.26. The zero-order chi connectivity index (χ0) is 30.5. The summed E-state index contributed by atoms with van der Waals surface area (Å²) >= 11 is 0. The van der Waals surface area contributed by atoms with Crippen LogP contribution in [0, 0.1) is 12.8 Å². The van der Waals surface area contributed by atoms with Crippen LogP contribution in [0.15, 0.2) is 18.2 Å². The van der Waals surface area contributed by atoms with Gasteiger partial charge in [-0.15, -0.1) is 0 Å². The maximum atomic E-state index is 14.2. The smallest absolute Gasteiger partial charge is 0.408 e. The number of carbonyl (C=O) groups excluding carboxylic acids is 4. The van der Waals surface area contributed by atoms with Crippen molar-refractivity contribution in [1.82, 2.24) is 15.5 Å². The van der Waals surface area contributed by atoms with Gasteiger partial charge in [-0.25, -0.2) is 4.79 Å². The van der Waals surface area contributed by atoms with Gasteiger partial charge in [0.15, 0.2) is 0 Å². The molecule has 0 heterocycles. The number of carbonyl (C=O) groups is 4. The molecule has 0 aliphatic rings. The maximum Gasteiger partial charge on any atom is 0.408 e. The summed E-state index contributed by atoms with van der Waals surface area (Å²) in [5, 5.41) is 16.2. The van der Waals surface area contributed by atoms with Crippen molar-refractivity contribution in [3.8, 4) is 5.75 Å². The lowest BCUT2D eigenvalue weighted by Crippen LogP contribution is -2.55. The molecule has 1 rings (SSSR count). The monoisotopic (exact) mass is 563 g/mol. The summed E-state index contributed by atoms with van der Waals surface area (Å²) in [4.78, 5) is 53.6. The molecular formula is C30H49N3O7. The zero-order valence-corrected chi connectivity index (χ0v) is 25.5. The molecule has 0 bridgehead atoms. The molecule has 0 aromatic heterocycles. The van der Waals surface area contributed by atoms with Crippen LogP contribution in [0.1, 0.15) is 97.2 Å². The van der Waals surface area contributed by atoms with E-state index in [9.17, 15) is 24.3 Å².